The average molecular weight is 228 g/mol. The summed E-state index contributed by atoms with van der Waals surface area (Å²) in [5, 5.41) is 38.6. The van der Waals surface area contributed by atoms with Gasteiger partial charge in [0.2, 0.25) is 0 Å². The van der Waals surface area contributed by atoms with Gasteiger partial charge in [0.05, 0.1) is 17.3 Å². The van der Waals surface area contributed by atoms with E-state index in [0.717, 1.165) is 0 Å². The first kappa shape index (κ1) is 13.4. The van der Waals surface area contributed by atoms with Crippen LogP contribution in [0.3, 0.4) is 0 Å². The maximum atomic E-state index is 9.75. The van der Waals surface area contributed by atoms with E-state index in [1.807, 2.05) is 0 Å². The second kappa shape index (κ2) is 4.30. The fraction of sp³-hybridized carbons (Fsp3) is 0.667. The second-order valence-electron chi connectivity index (χ2n) is 5.18. The van der Waals surface area contributed by atoms with Crippen LogP contribution in [0.25, 0.3) is 0 Å². The number of hydrogen-bond donors (Lipinski definition) is 4. The van der Waals surface area contributed by atoms with Crippen LogP contribution in [-0.4, -0.2) is 43.8 Å². The number of hydrogen-bond acceptors (Lipinski definition) is 4. The van der Waals surface area contributed by atoms with Crippen molar-refractivity contribution in [2.45, 2.75) is 50.6 Å². The molecule has 0 saturated heterocycles. The van der Waals surface area contributed by atoms with Gasteiger partial charge in [0.15, 0.2) is 0 Å². The fourth-order valence-electron chi connectivity index (χ4n) is 1.57. The molecule has 4 N–H and O–H groups in total. The molecule has 0 saturated carbocycles. The van der Waals surface area contributed by atoms with Gasteiger partial charge in [-0.15, -0.1) is 0 Å². The lowest BCUT2D eigenvalue weighted by Gasteiger charge is -2.34. The Labute approximate surface area is 95.5 Å². The summed E-state index contributed by atoms with van der Waals surface area (Å²) >= 11 is 0. The molecular weight excluding hydrogens is 208 g/mol. The molecule has 1 rings (SSSR count). The van der Waals surface area contributed by atoms with E-state index in [1.165, 1.54) is 19.1 Å². The van der Waals surface area contributed by atoms with Crippen molar-refractivity contribution in [3.8, 4) is 0 Å². The van der Waals surface area contributed by atoms with Gasteiger partial charge in [-0.3, -0.25) is 0 Å². The van der Waals surface area contributed by atoms with E-state index >= 15 is 0 Å². The molecule has 0 amide bonds. The van der Waals surface area contributed by atoms with Crippen LogP contribution < -0.4 is 0 Å². The summed E-state index contributed by atoms with van der Waals surface area (Å²) in [5.74, 6) is 0. The van der Waals surface area contributed by atoms with Crippen molar-refractivity contribution in [1.29, 1.82) is 0 Å². The van der Waals surface area contributed by atoms with Crippen molar-refractivity contribution in [3.63, 3.8) is 0 Å². The molecule has 0 fully saturated rings. The van der Waals surface area contributed by atoms with Gasteiger partial charge in [0.1, 0.15) is 6.10 Å². The molecular formula is C12H20O4. The quantitative estimate of drug-likeness (QED) is 0.541. The van der Waals surface area contributed by atoms with Crippen LogP contribution in [0.1, 0.15) is 27.2 Å². The van der Waals surface area contributed by atoms with Gasteiger partial charge < -0.3 is 20.4 Å². The largest absolute Gasteiger partial charge is 0.388 e. The molecule has 0 aromatic carbocycles. The van der Waals surface area contributed by atoms with Crippen molar-refractivity contribution >= 4 is 0 Å². The van der Waals surface area contributed by atoms with Gasteiger partial charge in [-0.25, -0.2) is 0 Å². The number of aliphatic hydroxyl groups is 4. The topological polar surface area (TPSA) is 80.9 Å². The van der Waals surface area contributed by atoms with E-state index in [1.54, 1.807) is 19.9 Å². The summed E-state index contributed by atoms with van der Waals surface area (Å²) in [6.07, 6.45) is 2.78. The van der Waals surface area contributed by atoms with Gasteiger partial charge in [-0.1, -0.05) is 12.2 Å². The normalized spacial score (nSPS) is 36.6. The Morgan fingerprint density at radius 2 is 2.00 bits per heavy atom. The minimum atomic E-state index is -1.30. The molecule has 0 heterocycles. The van der Waals surface area contributed by atoms with Gasteiger partial charge in [0.25, 0.3) is 0 Å². The van der Waals surface area contributed by atoms with Crippen LogP contribution in [0, 0.1) is 0 Å². The standard InChI is InChI=1S/C12H20O4/c1-11(2,15)5-4-8-6-10(14)12(3,16)7-9(8)13/h4-6,9-10,13-16H,7H2,1-3H3/b5-4+/t9-,10+,12+/m0/s1. The molecule has 0 unspecified atom stereocenters. The molecule has 4 nitrogen and oxygen atoms in total. The third kappa shape index (κ3) is 3.42. The molecule has 0 aliphatic heterocycles. The third-order valence-electron chi connectivity index (χ3n) is 2.66. The van der Waals surface area contributed by atoms with Crippen LogP contribution in [-0.2, 0) is 0 Å². The van der Waals surface area contributed by atoms with Crippen molar-refractivity contribution in [3.05, 3.63) is 23.8 Å². The smallest absolute Gasteiger partial charge is 0.101 e. The lowest BCUT2D eigenvalue weighted by Crippen LogP contribution is -2.45. The SMILES string of the molecule is CC(C)(O)/C=C/C1=C[C@@H](O)[C@](C)(O)C[C@@H]1O. The first-order chi connectivity index (χ1) is 7.12. The Morgan fingerprint density at radius 3 is 2.50 bits per heavy atom. The number of rotatable bonds is 2. The van der Waals surface area contributed by atoms with Crippen molar-refractivity contribution in [2.24, 2.45) is 0 Å². The minimum Gasteiger partial charge on any atom is -0.388 e. The van der Waals surface area contributed by atoms with E-state index in [0.29, 0.717) is 5.57 Å². The molecule has 4 heteroatoms. The van der Waals surface area contributed by atoms with Crippen LogP contribution in [0.15, 0.2) is 23.8 Å². The summed E-state index contributed by atoms with van der Waals surface area (Å²) < 4.78 is 0. The van der Waals surface area contributed by atoms with E-state index in [-0.39, 0.29) is 6.42 Å². The van der Waals surface area contributed by atoms with E-state index in [4.69, 9.17) is 0 Å². The predicted octanol–water partition coefficient (Wildman–Crippen LogP) is 0.116. The Hall–Kier alpha value is -0.680. The van der Waals surface area contributed by atoms with Crippen molar-refractivity contribution < 1.29 is 20.4 Å². The number of aliphatic hydroxyl groups excluding tert-OH is 2. The Morgan fingerprint density at radius 1 is 1.44 bits per heavy atom. The summed E-state index contributed by atoms with van der Waals surface area (Å²) in [4.78, 5) is 0. The van der Waals surface area contributed by atoms with Gasteiger partial charge >= 0.3 is 0 Å². The molecule has 1 aliphatic rings. The van der Waals surface area contributed by atoms with Gasteiger partial charge in [0, 0.05) is 6.42 Å². The summed E-state index contributed by atoms with van der Waals surface area (Å²) in [7, 11) is 0. The van der Waals surface area contributed by atoms with Gasteiger partial charge in [-0.2, -0.15) is 0 Å². The molecule has 0 bridgehead atoms. The highest BCUT2D eigenvalue weighted by Crippen LogP contribution is 2.28. The molecule has 92 valence electrons. The van der Waals surface area contributed by atoms with Crippen LogP contribution in [0.5, 0.6) is 0 Å². The molecule has 1 aliphatic carbocycles. The molecule has 0 aromatic rings. The Balaban J connectivity index is 2.87. The highest BCUT2D eigenvalue weighted by Gasteiger charge is 2.36. The minimum absolute atomic E-state index is 0.0796. The summed E-state index contributed by atoms with van der Waals surface area (Å²) in [6, 6.07) is 0. The predicted molar refractivity (Wildman–Crippen MR) is 60.8 cm³/mol. The fourth-order valence-corrected chi connectivity index (χ4v) is 1.57. The Kier molecular flexibility index (Phi) is 3.59. The van der Waals surface area contributed by atoms with E-state index < -0.39 is 23.4 Å². The van der Waals surface area contributed by atoms with Crippen molar-refractivity contribution in [2.75, 3.05) is 0 Å². The van der Waals surface area contributed by atoms with E-state index in [2.05, 4.69) is 0 Å². The van der Waals surface area contributed by atoms with Crippen LogP contribution in [0.2, 0.25) is 0 Å². The maximum absolute atomic E-state index is 9.75. The first-order valence-electron chi connectivity index (χ1n) is 5.34. The maximum Gasteiger partial charge on any atom is 0.101 e. The zero-order valence-corrected chi connectivity index (χ0v) is 9.88. The third-order valence-corrected chi connectivity index (χ3v) is 2.66. The Bertz CT molecular complexity index is 309. The van der Waals surface area contributed by atoms with Crippen molar-refractivity contribution in [1.82, 2.24) is 0 Å². The highest BCUT2D eigenvalue weighted by molar-refractivity contribution is 5.30. The molecule has 3 atom stereocenters. The lowest BCUT2D eigenvalue weighted by molar-refractivity contribution is -0.0706. The van der Waals surface area contributed by atoms with E-state index in [9.17, 15) is 20.4 Å². The van der Waals surface area contributed by atoms with Crippen LogP contribution >= 0.6 is 0 Å². The zero-order valence-electron chi connectivity index (χ0n) is 9.88. The molecule has 0 radical (unpaired) electrons. The lowest BCUT2D eigenvalue weighted by atomic mass is 9.82. The molecule has 0 spiro atoms. The monoisotopic (exact) mass is 228 g/mol. The molecule has 16 heavy (non-hydrogen) atoms. The van der Waals surface area contributed by atoms with Crippen LogP contribution in [0.4, 0.5) is 0 Å². The summed E-state index contributed by atoms with van der Waals surface area (Å²) in [6.45, 7) is 4.71. The first-order valence-corrected chi connectivity index (χ1v) is 5.34. The second-order valence-corrected chi connectivity index (χ2v) is 5.18. The van der Waals surface area contributed by atoms with Gasteiger partial charge in [-0.05, 0) is 32.4 Å². The zero-order chi connectivity index (χ0) is 12.6. The average Bonchev–Trinajstić information content (AvgIpc) is 2.07. The summed E-state index contributed by atoms with van der Waals surface area (Å²) in [5.41, 5.74) is -1.75. The molecule has 0 aromatic heterocycles. The highest BCUT2D eigenvalue weighted by atomic mass is 16.3.